The van der Waals surface area contributed by atoms with Crippen molar-refractivity contribution in [2.45, 2.75) is 12.8 Å². The molecule has 0 saturated heterocycles. The van der Waals surface area contributed by atoms with Crippen molar-refractivity contribution in [3.8, 4) is 5.75 Å². The number of allylic oxidation sites excluding steroid dienone is 1. The van der Waals surface area contributed by atoms with Gasteiger partial charge in [-0.05, 0) is 40.9 Å². The molecule has 1 aromatic carbocycles. The Morgan fingerprint density at radius 2 is 2.33 bits per heavy atom. The average Bonchev–Trinajstić information content (AvgIpc) is 2.26. The molecule has 2 nitrogen and oxygen atoms in total. The van der Waals surface area contributed by atoms with Gasteiger partial charge in [0.2, 0.25) is 0 Å². The van der Waals surface area contributed by atoms with Crippen molar-refractivity contribution >= 4 is 21.6 Å². The lowest BCUT2D eigenvalue weighted by Crippen LogP contribution is -2.01. The van der Waals surface area contributed by atoms with E-state index in [0.717, 1.165) is 35.3 Å². The smallest absolute Gasteiger partial charge is 0.121 e. The van der Waals surface area contributed by atoms with Crippen LogP contribution in [-0.2, 0) is 0 Å². The first kappa shape index (κ1) is 12.1. The van der Waals surface area contributed by atoms with Crippen molar-refractivity contribution in [2.24, 2.45) is 0 Å². The highest BCUT2D eigenvalue weighted by Gasteiger charge is 2.00. The fourth-order valence-corrected chi connectivity index (χ4v) is 1.62. The van der Waals surface area contributed by atoms with Gasteiger partial charge >= 0.3 is 0 Å². The van der Waals surface area contributed by atoms with Gasteiger partial charge in [0.1, 0.15) is 5.75 Å². The SMILES string of the molecule is C=CCCCNc1cc(OC)ccc1Br. The fraction of sp³-hybridized carbons (Fsp3) is 0.333. The lowest BCUT2D eigenvalue weighted by atomic mass is 10.2. The van der Waals surface area contributed by atoms with Crippen molar-refractivity contribution in [3.05, 3.63) is 35.3 Å². The molecule has 0 aromatic heterocycles. The van der Waals surface area contributed by atoms with E-state index in [1.54, 1.807) is 7.11 Å². The first-order valence-electron chi connectivity index (χ1n) is 4.96. The van der Waals surface area contributed by atoms with E-state index < -0.39 is 0 Å². The van der Waals surface area contributed by atoms with Crippen molar-refractivity contribution in [2.75, 3.05) is 19.0 Å². The quantitative estimate of drug-likeness (QED) is 0.626. The van der Waals surface area contributed by atoms with Crippen molar-refractivity contribution in [1.29, 1.82) is 0 Å². The fourth-order valence-electron chi connectivity index (χ4n) is 1.24. The van der Waals surface area contributed by atoms with Crippen LogP contribution in [0.25, 0.3) is 0 Å². The third-order valence-electron chi connectivity index (χ3n) is 2.07. The average molecular weight is 270 g/mol. The van der Waals surface area contributed by atoms with Gasteiger partial charge in [-0.25, -0.2) is 0 Å². The van der Waals surface area contributed by atoms with E-state index in [9.17, 15) is 0 Å². The minimum absolute atomic E-state index is 0.865. The molecule has 0 heterocycles. The molecule has 0 aliphatic heterocycles. The lowest BCUT2D eigenvalue weighted by Gasteiger charge is -2.09. The summed E-state index contributed by atoms with van der Waals surface area (Å²) in [5.74, 6) is 0.865. The molecule has 0 atom stereocenters. The number of halogens is 1. The summed E-state index contributed by atoms with van der Waals surface area (Å²) < 4.78 is 6.22. The first-order chi connectivity index (χ1) is 7.27. The largest absolute Gasteiger partial charge is 0.497 e. The van der Waals surface area contributed by atoms with E-state index >= 15 is 0 Å². The second-order valence-electron chi connectivity index (χ2n) is 3.20. The standard InChI is InChI=1S/C12H16BrNO/c1-3-4-5-8-14-12-9-10(15-2)6-7-11(12)13/h3,6-7,9,14H,1,4-5,8H2,2H3. The maximum absolute atomic E-state index is 5.16. The van der Waals surface area contributed by atoms with Crippen LogP contribution in [0, 0.1) is 0 Å². The maximum Gasteiger partial charge on any atom is 0.121 e. The molecule has 0 unspecified atom stereocenters. The van der Waals surface area contributed by atoms with Crippen molar-refractivity contribution in [3.63, 3.8) is 0 Å². The lowest BCUT2D eigenvalue weighted by molar-refractivity contribution is 0.415. The summed E-state index contributed by atoms with van der Waals surface area (Å²) in [6.45, 7) is 4.64. The van der Waals surface area contributed by atoms with E-state index in [-0.39, 0.29) is 0 Å². The predicted octanol–water partition coefficient (Wildman–Crippen LogP) is 3.84. The summed E-state index contributed by atoms with van der Waals surface area (Å²) >= 11 is 3.49. The summed E-state index contributed by atoms with van der Waals surface area (Å²) in [6.07, 6.45) is 4.06. The zero-order valence-electron chi connectivity index (χ0n) is 8.92. The van der Waals surface area contributed by atoms with Crippen LogP contribution in [0.3, 0.4) is 0 Å². The van der Waals surface area contributed by atoms with Crippen LogP contribution in [0.4, 0.5) is 5.69 Å². The Hall–Kier alpha value is -0.960. The van der Waals surface area contributed by atoms with Gasteiger partial charge in [-0.3, -0.25) is 0 Å². The van der Waals surface area contributed by atoms with Gasteiger partial charge in [-0.15, -0.1) is 6.58 Å². The molecule has 1 aromatic rings. The molecular weight excluding hydrogens is 254 g/mol. The Morgan fingerprint density at radius 1 is 1.53 bits per heavy atom. The third kappa shape index (κ3) is 3.96. The molecular formula is C12H16BrNO. The highest BCUT2D eigenvalue weighted by molar-refractivity contribution is 9.10. The number of anilines is 1. The van der Waals surface area contributed by atoms with E-state index in [1.165, 1.54) is 0 Å². The van der Waals surface area contributed by atoms with Crippen molar-refractivity contribution < 1.29 is 4.74 Å². The summed E-state index contributed by atoms with van der Waals surface area (Å²) in [6, 6.07) is 5.89. The Kier molecular flexibility index (Phi) is 5.26. The molecule has 3 heteroatoms. The number of benzene rings is 1. The zero-order chi connectivity index (χ0) is 11.1. The van der Waals surface area contributed by atoms with E-state index in [1.807, 2.05) is 24.3 Å². The number of nitrogens with one attached hydrogen (secondary N) is 1. The highest BCUT2D eigenvalue weighted by atomic mass is 79.9. The molecule has 0 amide bonds. The number of methoxy groups -OCH3 is 1. The van der Waals surface area contributed by atoms with Gasteiger partial charge in [-0.1, -0.05) is 6.08 Å². The Labute approximate surface area is 99.5 Å². The zero-order valence-corrected chi connectivity index (χ0v) is 10.5. The van der Waals surface area contributed by atoms with Gasteiger partial charge in [0.25, 0.3) is 0 Å². The second-order valence-corrected chi connectivity index (χ2v) is 4.06. The van der Waals surface area contributed by atoms with Crippen LogP contribution in [0.15, 0.2) is 35.3 Å². The minimum Gasteiger partial charge on any atom is -0.497 e. The number of rotatable bonds is 6. The Balaban J connectivity index is 2.54. The van der Waals surface area contributed by atoms with Gasteiger partial charge < -0.3 is 10.1 Å². The molecule has 0 aliphatic carbocycles. The third-order valence-corrected chi connectivity index (χ3v) is 2.77. The molecule has 15 heavy (non-hydrogen) atoms. The number of unbranched alkanes of at least 4 members (excludes halogenated alkanes) is 1. The molecule has 1 rings (SSSR count). The summed E-state index contributed by atoms with van der Waals surface area (Å²) in [5, 5.41) is 3.35. The van der Waals surface area contributed by atoms with E-state index in [2.05, 4.69) is 27.8 Å². The van der Waals surface area contributed by atoms with Crippen LogP contribution in [0.2, 0.25) is 0 Å². The highest BCUT2D eigenvalue weighted by Crippen LogP contribution is 2.26. The second kappa shape index (κ2) is 6.51. The molecule has 0 saturated carbocycles. The normalized spacial score (nSPS) is 9.73. The molecule has 0 radical (unpaired) electrons. The van der Waals surface area contributed by atoms with E-state index in [4.69, 9.17) is 4.74 Å². The minimum atomic E-state index is 0.865. The van der Waals surface area contributed by atoms with Crippen LogP contribution in [-0.4, -0.2) is 13.7 Å². The molecule has 1 N–H and O–H groups in total. The summed E-state index contributed by atoms with van der Waals surface area (Å²) in [5.41, 5.74) is 1.07. The van der Waals surface area contributed by atoms with Crippen LogP contribution in [0.1, 0.15) is 12.8 Å². The number of ether oxygens (including phenoxy) is 1. The van der Waals surface area contributed by atoms with Crippen LogP contribution < -0.4 is 10.1 Å². The predicted molar refractivity (Wildman–Crippen MR) is 68.6 cm³/mol. The molecule has 0 aliphatic rings. The molecule has 0 spiro atoms. The van der Waals surface area contributed by atoms with Gasteiger partial charge in [0.05, 0.1) is 12.8 Å². The molecule has 82 valence electrons. The van der Waals surface area contributed by atoms with Gasteiger partial charge in [0.15, 0.2) is 0 Å². The summed E-state index contributed by atoms with van der Waals surface area (Å²) in [7, 11) is 1.67. The molecule has 0 fully saturated rings. The summed E-state index contributed by atoms with van der Waals surface area (Å²) in [4.78, 5) is 0. The van der Waals surface area contributed by atoms with E-state index in [0.29, 0.717) is 0 Å². The van der Waals surface area contributed by atoms with Crippen LogP contribution in [0.5, 0.6) is 5.75 Å². The first-order valence-corrected chi connectivity index (χ1v) is 5.75. The maximum atomic E-state index is 5.16. The topological polar surface area (TPSA) is 21.3 Å². The molecule has 0 bridgehead atoms. The number of hydrogen-bond acceptors (Lipinski definition) is 2. The Morgan fingerprint density at radius 3 is 3.00 bits per heavy atom. The van der Waals surface area contributed by atoms with Crippen LogP contribution >= 0.6 is 15.9 Å². The van der Waals surface area contributed by atoms with Crippen molar-refractivity contribution in [1.82, 2.24) is 0 Å². The van der Waals surface area contributed by atoms with Gasteiger partial charge in [-0.2, -0.15) is 0 Å². The number of hydrogen-bond donors (Lipinski definition) is 1. The monoisotopic (exact) mass is 269 g/mol. The van der Waals surface area contributed by atoms with Gasteiger partial charge in [0, 0.05) is 17.1 Å². The Bertz CT molecular complexity index is 325.